The summed E-state index contributed by atoms with van der Waals surface area (Å²) >= 11 is 5.72. The zero-order valence-corrected chi connectivity index (χ0v) is 11.4. The normalized spacial score (nSPS) is 18.3. The van der Waals surface area contributed by atoms with Gasteiger partial charge >= 0.3 is 0 Å². The molecule has 2 rings (SSSR count). The van der Waals surface area contributed by atoms with Crippen LogP contribution in [-0.4, -0.2) is 25.5 Å². The maximum Gasteiger partial charge on any atom is 0.144 e. The Hall–Kier alpha value is -0.970. The van der Waals surface area contributed by atoms with Crippen LogP contribution in [0.3, 0.4) is 0 Å². The molecule has 0 radical (unpaired) electrons. The third kappa shape index (κ3) is 3.14. The number of hydrogen-bond acceptors (Lipinski definition) is 3. The molecule has 0 aliphatic carbocycles. The molecule has 1 aliphatic rings. The fourth-order valence-electron chi connectivity index (χ4n) is 2.38. The lowest BCUT2D eigenvalue weighted by atomic mass is 9.74. The van der Waals surface area contributed by atoms with Crippen molar-refractivity contribution in [2.45, 2.75) is 19.3 Å². The van der Waals surface area contributed by atoms with Gasteiger partial charge in [0.25, 0.3) is 0 Å². The molecule has 1 aromatic carbocycles. The monoisotopic (exact) mass is 285 g/mol. The van der Waals surface area contributed by atoms with Crippen molar-refractivity contribution < 1.29 is 13.9 Å². The second-order valence-corrected chi connectivity index (χ2v) is 5.35. The first kappa shape index (κ1) is 14.4. The summed E-state index contributed by atoms with van der Waals surface area (Å²) in [7, 11) is 0. The maximum atomic E-state index is 13.1. The van der Waals surface area contributed by atoms with E-state index in [-0.39, 0.29) is 17.2 Å². The van der Waals surface area contributed by atoms with E-state index in [0.29, 0.717) is 32.6 Å². The minimum Gasteiger partial charge on any atom is -0.381 e. The molecule has 104 valence electrons. The van der Waals surface area contributed by atoms with Crippen LogP contribution in [0.1, 0.15) is 18.4 Å². The highest BCUT2D eigenvalue weighted by Gasteiger charge is 2.38. The van der Waals surface area contributed by atoms with Crippen molar-refractivity contribution in [3.63, 3.8) is 0 Å². The molecule has 0 unspecified atom stereocenters. The third-order valence-electron chi connectivity index (χ3n) is 3.78. The van der Waals surface area contributed by atoms with E-state index in [1.165, 1.54) is 12.1 Å². The van der Waals surface area contributed by atoms with Crippen LogP contribution in [0.4, 0.5) is 4.39 Å². The van der Waals surface area contributed by atoms with Crippen molar-refractivity contribution in [2.24, 2.45) is 11.1 Å². The number of hydrogen-bond donors (Lipinski definition) is 1. The minimum atomic E-state index is -0.501. The zero-order chi connectivity index (χ0) is 13.9. The van der Waals surface area contributed by atoms with Gasteiger partial charge in [-0.15, -0.1) is 0 Å². The van der Waals surface area contributed by atoms with Crippen molar-refractivity contribution >= 4 is 17.4 Å². The number of halogens is 2. The zero-order valence-electron chi connectivity index (χ0n) is 10.6. The predicted octanol–water partition coefficient (Wildman–Crippen LogP) is 2.35. The summed E-state index contributed by atoms with van der Waals surface area (Å²) in [4.78, 5) is 12.4. The van der Waals surface area contributed by atoms with Gasteiger partial charge in [-0.05, 0) is 30.5 Å². The Bertz CT molecular complexity index is 473. The van der Waals surface area contributed by atoms with Crippen molar-refractivity contribution in [1.29, 1.82) is 0 Å². The number of rotatable bonds is 4. The lowest BCUT2D eigenvalue weighted by Gasteiger charge is -2.34. The molecule has 0 aromatic heterocycles. The topological polar surface area (TPSA) is 52.3 Å². The second kappa shape index (κ2) is 5.99. The highest BCUT2D eigenvalue weighted by Crippen LogP contribution is 2.32. The van der Waals surface area contributed by atoms with Gasteiger partial charge in [-0.25, -0.2) is 4.39 Å². The van der Waals surface area contributed by atoms with Crippen molar-refractivity contribution in [1.82, 2.24) is 0 Å². The summed E-state index contributed by atoms with van der Waals surface area (Å²) in [5.74, 6) is -0.390. The number of benzene rings is 1. The van der Waals surface area contributed by atoms with Gasteiger partial charge in [0, 0.05) is 31.6 Å². The Kier molecular flexibility index (Phi) is 4.55. The molecule has 0 atom stereocenters. The Morgan fingerprint density at radius 3 is 2.68 bits per heavy atom. The average Bonchev–Trinajstić information content (AvgIpc) is 2.43. The smallest absolute Gasteiger partial charge is 0.144 e. The summed E-state index contributed by atoms with van der Waals surface area (Å²) in [6, 6.07) is 4.37. The number of ketones is 1. The largest absolute Gasteiger partial charge is 0.381 e. The van der Waals surface area contributed by atoms with Crippen LogP contribution in [0.5, 0.6) is 0 Å². The lowest BCUT2D eigenvalue weighted by Crippen LogP contribution is -2.44. The van der Waals surface area contributed by atoms with E-state index in [1.807, 2.05) is 0 Å². The average molecular weight is 286 g/mol. The van der Waals surface area contributed by atoms with Gasteiger partial charge in [0.2, 0.25) is 0 Å². The molecule has 5 heteroatoms. The van der Waals surface area contributed by atoms with Crippen LogP contribution in [0.2, 0.25) is 5.02 Å². The summed E-state index contributed by atoms with van der Waals surface area (Å²) < 4.78 is 18.4. The van der Waals surface area contributed by atoms with Crippen molar-refractivity contribution in [3.05, 3.63) is 34.6 Å². The molecular formula is C14H17ClFNO2. The predicted molar refractivity (Wildman–Crippen MR) is 71.7 cm³/mol. The van der Waals surface area contributed by atoms with E-state index < -0.39 is 11.2 Å². The van der Waals surface area contributed by atoms with Crippen LogP contribution in [0, 0.1) is 11.2 Å². The highest BCUT2D eigenvalue weighted by atomic mass is 35.5. The van der Waals surface area contributed by atoms with Crippen LogP contribution in [-0.2, 0) is 16.0 Å². The first-order chi connectivity index (χ1) is 9.07. The van der Waals surface area contributed by atoms with Crippen LogP contribution >= 0.6 is 11.6 Å². The van der Waals surface area contributed by atoms with Gasteiger partial charge in [-0.3, -0.25) is 4.79 Å². The fourth-order valence-corrected chi connectivity index (χ4v) is 2.58. The lowest BCUT2D eigenvalue weighted by molar-refractivity contribution is -0.132. The van der Waals surface area contributed by atoms with Gasteiger partial charge in [0.15, 0.2) is 0 Å². The molecule has 1 aliphatic heterocycles. The molecule has 2 N–H and O–H groups in total. The molecule has 0 saturated carbocycles. The van der Waals surface area contributed by atoms with Gasteiger partial charge in [0.05, 0.1) is 5.02 Å². The van der Waals surface area contributed by atoms with E-state index in [2.05, 4.69) is 0 Å². The van der Waals surface area contributed by atoms with Crippen LogP contribution in [0.25, 0.3) is 0 Å². The van der Waals surface area contributed by atoms with E-state index in [9.17, 15) is 9.18 Å². The van der Waals surface area contributed by atoms with E-state index in [1.54, 1.807) is 6.07 Å². The number of Topliss-reactive ketones (excluding diaryl/α,β-unsaturated/α-hetero) is 1. The van der Waals surface area contributed by atoms with Gasteiger partial charge in [0.1, 0.15) is 11.6 Å². The molecule has 1 aromatic rings. The van der Waals surface area contributed by atoms with E-state index in [4.69, 9.17) is 22.1 Å². The van der Waals surface area contributed by atoms with E-state index >= 15 is 0 Å². The number of nitrogens with two attached hydrogens (primary N) is 1. The first-order valence-electron chi connectivity index (χ1n) is 6.32. The van der Waals surface area contributed by atoms with Gasteiger partial charge in [-0.2, -0.15) is 0 Å². The van der Waals surface area contributed by atoms with Crippen LogP contribution < -0.4 is 5.73 Å². The molecule has 0 amide bonds. The SMILES string of the molecule is NCC1(C(=O)Cc2ccc(F)c(Cl)c2)CCOCC1. The maximum absolute atomic E-state index is 13.1. The minimum absolute atomic E-state index is 0.0408. The van der Waals surface area contributed by atoms with Crippen molar-refractivity contribution in [2.75, 3.05) is 19.8 Å². The molecular weight excluding hydrogens is 269 g/mol. The number of carbonyl (C=O) groups excluding carboxylic acids is 1. The Morgan fingerprint density at radius 2 is 2.11 bits per heavy atom. The standard InChI is InChI=1S/C14H17ClFNO2/c15-11-7-10(1-2-12(11)16)8-13(18)14(9-17)3-5-19-6-4-14/h1-2,7H,3-6,8-9,17H2. The van der Waals surface area contributed by atoms with E-state index in [0.717, 1.165) is 5.56 Å². The third-order valence-corrected chi connectivity index (χ3v) is 4.07. The molecule has 0 bridgehead atoms. The van der Waals surface area contributed by atoms with Crippen LogP contribution in [0.15, 0.2) is 18.2 Å². The highest BCUT2D eigenvalue weighted by molar-refractivity contribution is 6.30. The van der Waals surface area contributed by atoms with Crippen molar-refractivity contribution in [3.8, 4) is 0 Å². The Balaban J connectivity index is 2.12. The van der Waals surface area contributed by atoms with Gasteiger partial charge in [-0.1, -0.05) is 17.7 Å². The van der Waals surface area contributed by atoms with Gasteiger partial charge < -0.3 is 10.5 Å². The quantitative estimate of drug-likeness (QED) is 0.924. The molecule has 0 spiro atoms. The summed E-state index contributed by atoms with van der Waals surface area (Å²) in [6.45, 7) is 1.45. The Morgan fingerprint density at radius 1 is 1.42 bits per heavy atom. The Labute approximate surface area is 116 Å². The molecule has 1 heterocycles. The molecule has 19 heavy (non-hydrogen) atoms. The summed E-state index contributed by atoms with van der Waals surface area (Å²) in [5.41, 5.74) is 6.00. The first-order valence-corrected chi connectivity index (χ1v) is 6.70. The summed E-state index contributed by atoms with van der Waals surface area (Å²) in [6.07, 6.45) is 1.53. The number of ether oxygens (including phenoxy) is 1. The fraction of sp³-hybridized carbons (Fsp3) is 0.500. The molecule has 1 saturated heterocycles. The molecule has 3 nitrogen and oxygen atoms in total. The second-order valence-electron chi connectivity index (χ2n) is 4.95. The summed E-state index contributed by atoms with van der Waals surface area (Å²) in [5, 5.41) is 0.0408. The molecule has 1 fully saturated rings. The number of carbonyl (C=O) groups is 1.